The highest BCUT2D eigenvalue weighted by Crippen LogP contribution is 2.37. The zero-order valence-corrected chi connectivity index (χ0v) is 6.97. The molecule has 0 aromatic heterocycles. The van der Waals surface area contributed by atoms with Gasteiger partial charge in [-0.2, -0.15) is 0 Å². The van der Waals surface area contributed by atoms with Crippen molar-refractivity contribution in [2.75, 3.05) is 6.61 Å². The maximum atomic E-state index is 5.76. The van der Waals surface area contributed by atoms with Gasteiger partial charge in [-0.25, -0.2) is 0 Å². The minimum absolute atomic E-state index is 0.166. The Balaban J connectivity index is 2.09. The first kappa shape index (κ1) is 7.11. The minimum Gasteiger partial charge on any atom is -0.370 e. The average Bonchev–Trinajstić information content (AvgIpc) is 2.34. The Morgan fingerprint density at radius 1 is 1.36 bits per heavy atom. The van der Waals surface area contributed by atoms with Crippen molar-refractivity contribution in [2.24, 2.45) is 0 Å². The van der Waals surface area contributed by atoms with Crippen LogP contribution in [0.4, 0.5) is 0 Å². The fourth-order valence-corrected chi connectivity index (χ4v) is 1.93. The molecule has 0 aromatic rings. The molecule has 2 rings (SSSR count). The zero-order valence-electron chi connectivity index (χ0n) is 6.97. The molecule has 0 radical (unpaired) electrons. The molecule has 1 aliphatic carbocycles. The van der Waals surface area contributed by atoms with Crippen LogP contribution in [0.3, 0.4) is 0 Å². The van der Waals surface area contributed by atoms with Crippen LogP contribution >= 0.6 is 0 Å². The van der Waals surface area contributed by atoms with E-state index in [9.17, 15) is 0 Å². The largest absolute Gasteiger partial charge is 0.370 e. The normalized spacial score (nSPS) is 36.3. The zero-order chi connectivity index (χ0) is 7.73. The second kappa shape index (κ2) is 2.49. The highest BCUT2D eigenvalue weighted by atomic mass is 16.5. The predicted octanol–water partition coefficient (Wildman–Crippen LogP) is 2.44. The second-order valence-electron chi connectivity index (χ2n) is 3.60. The van der Waals surface area contributed by atoms with Gasteiger partial charge >= 0.3 is 0 Å². The van der Waals surface area contributed by atoms with Crippen LogP contribution in [0.15, 0.2) is 23.8 Å². The molecule has 0 aromatic carbocycles. The molecule has 0 saturated heterocycles. The molecule has 1 nitrogen and oxygen atoms in total. The van der Waals surface area contributed by atoms with Gasteiger partial charge in [-0.05, 0) is 26.2 Å². The topological polar surface area (TPSA) is 9.23 Å². The molecule has 0 unspecified atom stereocenters. The van der Waals surface area contributed by atoms with Crippen molar-refractivity contribution in [3.05, 3.63) is 23.8 Å². The molecule has 0 N–H and O–H groups in total. The van der Waals surface area contributed by atoms with E-state index in [0.29, 0.717) is 0 Å². The molecule has 11 heavy (non-hydrogen) atoms. The highest BCUT2D eigenvalue weighted by molar-refractivity contribution is 5.17. The van der Waals surface area contributed by atoms with Gasteiger partial charge in [-0.3, -0.25) is 0 Å². The molecular formula is C10H14O. The SMILES string of the molecule is CC1=CC[C@@]2(CC=CCO2)C1. The van der Waals surface area contributed by atoms with Crippen LogP contribution in [0.25, 0.3) is 0 Å². The number of rotatable bonds is 0. The Hall–Kier alpha value is -0.560. The van der Waals surface area contributed by atoms with Crippen LogP contribution in [0.1, 0.15) is 26.2 Å². The molecule has 1 aliphatic heterocycles. The van der Waals surface area contributed by atoms with Crippen molar-refractivity contribution in [1.29, 1.82) is 0 Å². The summed E-state index contributed by atoms with van der Waals surface area (Å²) in [6, 6.07) is 0. The van der Waals surface area contributed by atoms with E-state index in [1.54, 1.807) is 0 Å². The number of ether oxygens (including phenoxy) is 1. The van der Waals surface area contributed by atoms with Crippen LogP contribution in [0.2, 0.25) is 0 Å². The average molecular weight is 150 g/mol. The van der Waals surface area contributed by atoms with Crippen LogP contribution in [0.5, 0.6) is 0 Å². The van der Waals surface area contributed by atoms with Gasteiger partial charge in [0.1, 0.15) is 0 Å². The molecule has 1 atom stereocenters. The van der Waals surface area contributed by atoms with E-state index in [-0.39, 0.29) is 5.60 Å². The predicted molar refractivity (Wildman–Crippen MR) is 45.4 cm³/mol. The van der Waals surface area contributed by atoms with Gasteiger partial charge in [0.15, 0.2) is 0 Å². The van der Waals surface area contributed by atoms with Gasteiger partial charge in [-0.1, -0.05) is 23.8 Å². The van der Waals surface area contributed by atoms with Gasteiger partial charge in [0.2, 0.25) is 0 Å². The van der Waals surface area contributed by atoms with Gasteiger partial charge in [0.25, 0.3) is 0 Å². The molecule has 0 fully saturated rings. The van der Waals surface area contributed by atoms with Crippen molar-refractivity contribution >= 4 is 0 Å². The van der Waals surface area contributed by atoms with Crippen molar-refractivity contribution in [1.82, 2.24) is 0 Å². The Morgan fingerprint density at radius 2 is 2.27 bits per heavy atom. The van der Waals surface area contributed by atoms with Crippen LogP contribution in [-0.4, -0.2) is 12.2 Å². The fraction of sp³-hybridized carbons (Fsp3) is 0.600. The molecule has 0 amide bonds. The summed E-state index contributed by atoms with van der Waals surface area (Å²) in [7, 11) is 0. The lowest BCUT2D eigenvalue weighted by molar-refractivity contribution is -0.0272. The summed E-state index contributed by atoms with van der Waals surface area (Å²) in [6.07, 6.45) is 10.0. The lowest BCUT2D eigenvalue weighted by atomic mass is 9.94. The van der Waals surface area contributed by atoms with Crippen molar-refractivity contribution in [2.45, 2.75) is 31.8 Å². The monoisotopic (exact) mass is 150 g/mol. The third kappa shape index (κ3) is 1.25. The molecule has 1 spiro atoms. The summed E-state index contributed by atoms with van der Waals surface area (Å²) in [5.41, 5.74) is 1.65. The molecule has 0 bridgehead atoms. The van der Waals surface area contributed by atoms with E-state index < -0.39 is 0 Å². The van der Waals surface area contributed by atoms with Crippen molar-refractivity contribution in [3.8, 4) is 0 Å². The van der Waals surface area contributed by atoms with Gasteiger partial charge < -0.3 is 4.74 Å². The van der Waals surface area contributed by atoms with E-state index in [0.717, 1.165) is 25.9 Å². The molecule has 1 heterocycles. The maximum absolute atomic E-state index is 5.76. The van der Waals surface area contributed by atoms with Crippen molar-refractivity contribution in [3.63, 3.8) is 0 Å². The van der Waals surface area contributed by atoms with Crippen LogP contribution in [0, 0.1) is 0 Å². The van der Waals surface area contributed by atoms with Gasteiger partial charge in [-0.15, -0.1) is 0 Å². The first-order valence-corrected chi connectivity index (χ1v) is 4.25. The highest BCUT2D eigenvalue weighted by Gasteiger charge is 2.33. The Bertz CT molecular complexity index is 215. The number of hydrogen-bond donors (Lipinski definition) is 0. The quantitative estimate of drug-likeness (QED) is 0.482. The Labute approximate surface area is 67.7 Å². The third-order valence-corrected chi connectivity index (χ3v) is 2.57. The first-order chi connectivity index (χ1) is 5.31. The lowest BCUT2D eigenvalue weighted by Crippen LogP contribution is -2.31. The fourth-order valence-electron chi connectivity index (χ4n) is 1.93. The lowest BCUT2D eigenvalue weighted by Gasteiger charge is -2.30. The van der Waals surface area contributed by atoms with E-state index >= 15 is 0 Å². The Kier molecular flexibility index (Phi) is 1.61. The summed E-state index contributed by atoms with van der Waals surface area (Å²) >= 11 is 0. The summed E-state index contributed by atoms with van der Waals surface area (Å²) in [4.78, 5) is 0. The van der Waals surface area contributed by atoms with Gasteiger partial charge in [0.05, 0.1) is 12.2 Å². The van der Waals surface area contributed by atoms with E-state index in [4.69, 9.17) is 4.74 Å². The maximum Gasteiger partial charge on any atom is 0.0792 e. The van der Waals surface area contributed by atoms with Crippen LogP contribution in [-0.2, 0) is 4.74 Å². The van der Waals surface area contributed by atoms with E-state index in [1.807, 2.05) is 0 Å². The van der Waals surface area contributed by atoms with E-state index in [2.05, 4.69) is 25.2 Å². The van der Waals surface area contributed by atoms with Gasteiger partial charge in [0, 0.05) is 0 Å². The van der Waals surface area contributed by atoms with Crippen molar-refractivity contribution < 1.29 is 4.74 Å². The van der Waals surface area contributed by atoms with Crippen LogP contribution < -0.4 is 0 Å². The number of hydrogen-bond acceptors (Lipinski definition) is 1. The smallest absolute Gasteiger partial charge is 0.0792 e. The van der Waals surface area contributed by atoms with E-state index in [1.165, 1.54) is 5.57 Å². The first-order valence-electron chi connectivity index (χ1n) is 4.25. The molecule has 60 valence electrons. The summed E-state index contributed by atoms with van der Waals surface area (Å²) in [5, 5.41) is 0. The third-order valence-electron chi connectivity index (χ3n) is 2.57. The summed E-state index contributed by atoms with van der Waals surface area (Å²) in [5.74, 6) is 0. The minimum atomic E-state index is 0.166. The molecular weight excluding hydrogens is 136 g/mol. The molecule has 0 saturated carbocycles. The Morgan fingerprint density at radius 3 is 2.82 bits per heavy atom. The molecule has 2 aliphatic rings. The second-order valence-corrected chi connectivity index (χ2v) is 3.60. The molecule has 1 heteroatoms. The summed E-state index contributed by atoms with van der Waals surface area (Å²) < 4.78 is 5.76. The standard InChI is InChI=1S/C10H14O/c1-9-4-6-10(8-9)5-2-3-7-11-10/h2-4H,5-8H2,1H3/t10-/m0/s1. The summed E-state index contributed by atoms with van der Waals surface area (Å²) in [6.45, 7) is 3.00.